The van der Waals surface area contributed by atoms with Gasteiger partial charge in [-0.1, -0.05) is 23.2 Å². The third-order valence-corrected chi connectivity index (χ3v) is 2.59. The van der Waals surface area contributed by atoms with Gasteiger partial charge in [0.15, 0.2) is 0 Å². The molecule has 0 saturated heterocycles. The molecule has 0 atom stereocenters. The van der Waals surface area contributed by atoms with Crippen LogP contribution in [0.4, 0.5) is 11.8 Å². The predicted octanol–water partition coefficient (Wildman–Crippen LogP) is 2.74. The Hall–Kier alpha value is -1.72. The van der Waals surface area contributed by atoms with Gasteiger partial charge in [0.05, 0.1) is 10.0 Å². The number of halogens is 2. The number of nitrogens with zero attached hydrogens (tertiary/aromatic N) is 2. The summed E-state index contributed by atoms with van der Waals surface area (Å²) in [6.45, 7) is 0. The molecule has 88 valence electrons. The number of anilines is 2. The van der Waals surface area contributed by atoms with E-state index in [2.05, 4.69) is 9.97 Å². The van der Waals surface area contributed by atoms with E-state index in [0.717, 1.165) is 0 Å². The summed E-state index contributed by atoms with van der Waals surface area (Å²) in [6, 6.07) is 6.30. The van der Waals surface area contributed by atoms with Crippen molar-refractivity contribution in [3.63, 3.8) is 0 Å². The number of hydrogen-bond acceptors (Lipinski definition) is 5. The van der Waals surface area contributed by atoms with Gasteiger partial charge in [-0.2, -0.15) is 9.97 Å². The van der Waals surface area contributed by atoms with Gasteiger partial charge >= 0.3 is 0 Å². The third kappa shape index (κ3) is 2.89. The van der Waals surface area contributed by atoms with Gasteiger partial charge in [0.2, 0.25) is 11.8 Å². The van der Waals surface area contributed by atoms with Gasteiger partial charge in [-0.3, -0.25) is 0 Å². The highest BCUT2D eigenvalue weighted by Gasteiger charge is 2.05. The molecule has 1 heterocycles. The summed E-state index contributed by atoms with van der Waals surface area (Å²) in [5.41, 5.74) is 10.9. The van der Waals surface area contributed by atoms with Crippen LogP contribution in [0.3, 0.4) is 0 Å². The fourth-order valence-corrected chi connectivity index (χ4v) is 1.46. The molecule has 0 bridgehead atoms. The van der Waals surface area contributed by atoms with E-state index in [0.29, 0.717) is 15.8 Å². The van der Waals surface area contributed by atoms with Crippen LogP contribution >= 0.6 is 23.2 Å². The second-order valence-electron chi connectivity index (χ2n) is 3.17. The molecule has 17 heavy (non-hydrogen) atoms. The molecule has 1 aromatic carbocycles. The van der Waals surface area contributed by atoms with Gasteiger partial charge < -0.3 is 16.2 Å². The number of ether oxygens (including phenoxy) is 1. The fourth-order valence-electron chi connectivity index (χ4n) is 1.17. The van der Waals surface area contributed by atoms with Crippen LogP contribution in [0.15, 0.2) is 24.3 Å². The van der Waals surface area contributed by atoms with E-state index in [9.17, 15) is 0 Å². The van der Waals surface area contributed by atoms with Gasteiger partial charge in [-0.15, -0.1) is 0 Å². The summed E-state index contributed by atoms with van der Waals surface area (Å²) >= 11 is 11.6. The summed E-state index contributed by atoms with van der Waals surface area (Å²) in [4.78, 5) is 7.59. The summed E-state index contributed by atoms with van der Waals surface area (Å²) in [5.74, 6) is 0.998. The zero-order valence-electron chi connectivity index (χ0n) is 8.52. The maximum atomic E-state index is 5.85. The Balaban J connectivity index is 2.28. The van der Waals surface area contributed by atoms with Crippen LogP contribution in [0.1, 0.15) is 0 Å². The highest BCUT2D eigenvalue weighted by atomic mass is 35.5. The lowest BCUT2D eigenvalue weighted by molar-refractivity contribution is 0.463. The highest BCUT2D eigenvalue weighted by molar-refractivity contribution is 6.42. The quantitative estimate of drug-likeness (QED) is 0.876. The molecule has 5 nitrogen and oxygen atoms in total. The van der Waals surface area contributed by atoms with E-state index < -0.39 is 0 Å². The Kier molecular flexibility index (Phi) is 3.21. The molecule has 0 aliphatic carbocycles. The Bertz CT molecular complexity index is 542. The molecular formula is C10H8Cl2N4O. The maximum absolute atomic E-state index is 5.85. The minimum Gasteiger partial charge on any atom is -0.439 e. The first-order chi connectivity index (χ1) is 8.04. The zero-order chi connectivity index (χ0) is 12.4. The lowest BCUT2D eigenvalue weighted by Crippen LogP contribution is -2.00. The first-order valence-corrected chi connectivity index (χ1v) is 5.33. The van der Waals surface area contributed by atoms with Gasteiger partial charge in [-0.25, -0.2) is 0 Å². The van der Waals surface area contributed by atoms with Crippen molar-refractivity contribution in [3.8, 4) is 11.6 Å². The summed E-state index contributed by atoms with van der Waals surface area (Å²) < 4.78 is 5.42. The number of nitrogen functional groups attached to an aromatic ring is 2. The molecule has 0 spiro atoms. The molecule has 0 saturated carbocycles. The van der Waals surface area contributed by atoms with Crippen LogP contribution in [0, 0.1) is 0 Å². The van der Waals surface area contributed by atoms with Crippen LogP contribution in [0.25, 0.3) is 0 Å². The Morgan fingerprint density at radius 3 is 2.41 bits per heavy atom. The average molecular weight is 271 g/mol. The average Bonchev–Trinajstić information content (AvgIpc) is 2.22. The largest absolute Gasteiger partial charge is 0.439 e. The van der Waals surface area contributed by atoms with Gasteiger partial charge in [0.1, 0.15) is 11.6 Å². The van der Waals surface area contributed by atoms with Crippen molar-refractivity contribution < 1.29 is 4.74 Å². The first-order valence-electron chi connectivity index (χ1n) is 4.57. The van der Waals surface area contributed by atoms with E-state index in [4.69, 9.17) is 39.4 Å². The maximum Gasteiger partial charge on any atom is 0.226 e. The summed E-state index contributed by atoms with van der Waals surface area (Å²) in [5, 5.41) is 0.833. The van der Waals surface area contributed by atoms with Crippen molar-refractivity contribution in [2.45, 2.75) is 0 Å². The minimum absolute atomic E-state index is 0.0417. The van der Waals surface area contributed by atoms with Crippen molar-refractivity contribution in [3.05, 3.63) is 34.3 Å². The number of benzene rings is 1. The molecule has 2 aromatic rings. The zero-order valence-corrected chi connectivity index (χ0v) is 10.0. The van der Waals surface area contributed by atoms with Crippen molar-refractivity contribution in [2.75, 3.05) is 11.5 Å². The van der Waals surface area contributed by atoms with Crippen LogP contribution in [0.5, 0.6) is 11.6 Å². The van der Waals surface area contributed by atoms with E-state index in [-0.39, 0.29) is 17.6 Å². The second-order valence-corrected chi connectivity index (χ2v) is 3.98. The molecule has 0 fully saturated rings. The van der Waals surface area contributed by atoms with E-state index in [1.165, 1.54) is 6.07 Å². The molecule has 2 rings (SSSR count). The van der Waals surface area contributed by atoms with Crippen molar-refractivity contribution in [2.24, 2.45) is 0 Å². The van der Waals surface area contributed by atoms with Crippen molar-refractivity contribution in [1.82, 2.24) is 9.97 Å². The summed E-state index contributed by atoms with van der Waals surface area (Å²) in [6.07, 6.45) is 0. The number of hydrogen-bond donors (Lipinski definition) is 2. The monoisotopic (exact) mass is 270 g/mol. The summed E-state index contributed by atoms with van der Waals surface area (Å²) in [7, 11) is 0. The van der Waals surface area contributed by atoms with E-state index >= 15 is 0 Å². The number of nitrogens with two attached hydrogens (primary N) is 2. The smallest absolute Gasteiger partial charge is 0.226 e. The molecule has 1 aromatic heterocycles. The lowest BCUT2D eigenvalue weighted by atomic mass is 10.3. The van der Waals surface area contributed by atoms with Crippen LogP contribution in [0.2, 0.25) is 10.0 Å². The van der Waals surface area contributed by atoms with Gasteiger partial charge in [-0.05, 0) is 12.1 Å². The van der Waals surface area contributed by atoms with Crippen LogP contribution in [-0.4, -0.2) is 9.97 Å². The molecular weight excluding hydrogens is 263 g/mol. The Morgan fingerprint density at radius 1 is 1.00 bits per heavy atom. The highest BCUT2D eigenvalue weighted by Crippen LogP contribution is 2.29. The molecule has 0 amide bonds. The predicted molar refractivity (Wildman–Crippen MR) is 67.4 cm³/mol. The molecule has 0 aliphatic rings. The second kappa shape index (κ2) is 4.65. The topological polar surface area (TPSA) is 87.0 Å². The minimum atomic E-state index is 0.0417. The Labute approximate surface area is 107 Å². The van der Waals surface area contributed by atoms with Crippen molar-refractivity contribution >= 4 is 35.0 Å². The first kappa shape index (κ1) is 11.8. The fraction of sp³-hybridized carbons (Fsp3) is 0. The third-order valence-electron chi connectivity index (χ3n) is 1.85. The molecule has 0 aliphatic heterocycles. The molecule has 4 N–H and O–H groups in total. The number of rotatable bonds is 2. The standard InChI is InChI=1S/C10H8Cl2N4O/c11-6-2-1-5(3-7(6)12)17-9-4-8(13)15-10(14)16-9/h1-4H,(H4,13,14,15,16). The molecule has 0 unspecified atom stereocenters. The van der Waals surface area contributed by atoms with Crippen LogP contribution in [-0.2, 0) is 0 Å². The lowest BCUT2D eigenvalue weighted by Gasteiger charge is -2.06. The molecule has 0 radical (unpaired) electrons. The van der Waals surface area contributed by atoms with Gasteiger partial charge in [0, 0.05) is 12.1 Å². The van der Waals surface area contributed by atoms with Gasteiger partial charge in [0.25, 0.3) is 0 Å². The molecule has 7 heteroatoms. The van der Waals surface area contributed by atoms with Crippen LogP contribution < -0.4 is 16.2 Å². The Morgan fingerprint density at radius 2 is 1.76 bits per heavy atom. The normalized spacial score (nSPS) is 10.2. The van der Waals surface area contributed by atoms with E-state index in [1.807, 2.05) is 0 Å². The van der Waals surface area contributed by atoms with E-state index in [1.54, 1.807) is 18.2 Å². The SMILES string of the molecule is Nc1cc(Oc2ccc(Cl)c(Cl)c2)nc(N)n1. The number of aromatic nitrogens is 2. The van der Waals surface area contributed by atoms with Crippen molar-refractivity contribution in [1.29, 1.82) is 0 Å².